The molecule has 0 fully saturated rings. The van der Waals surface area contributed by atoms with E-state index in [1.54, 1.807) is 6.07 Å². The molecule has 0 aliphatic carbocycles. The smallest absolute Gasteiger partial charge is 0.127 e. The van der Waals surface area contributed by atoms with Crippen LogP contribution in [0.1, 0.15) is 5.56 Å². The van der Waals surface area contributed by atoms with Gasteiger partial charge in [0.25, 0.3) is 0 Å². The zero-order valence-corrected chi connectivity index (χ0v) is 8.74. The predicted octanol–water partition coefficient (Wildman–Crippen LogP) is 3.21. The van der Waals surface area contributed by atoms with Crippen LogP contribution in [-0.4, -0.2) is 10.2 Å². The van der Waals surface area contributed by atoms with Crippen molar-refractivity contribution in [2.45, 2.75) is 6.92 Å². The molecule has 0 atom stereocenters. The van der Waals surface area contributed by atoms with Crippen LogP contribution in [0.5, 0.6) is 11.5 Å². The second kappa shape index (κ2) is 3.85. The number of aryl methyl sites for hydroxylation is 1. The molecule has 0 saturated heterocycles. The van der Waals surface area contributed by atoms with E-state index in [1.807, 2.05) is 13.0 Å². The van der Waals surface area contributed by atoms with E-state index in [9.17, 15) is 14.6 Å². The van der Waals surface area contributed by atoms with Crippen LogP contribution in [-0.2, 0) is 0 Å². The third-order valence-corrected chi connectivity index (χ3v) is 2.28. The molecule has 0 spiro atoms. The van der Waals surface area contributed by atoms with E-state index in [0.717, 1.165) is 11.6 Å². The molecule has 0 saturated carbocycles. The Morgan fingerprint density at radius 1 is 0.812 bits per heavy atom. The van der Waals surface area contributed by atoms with Crippen LogP contribution in [0.15, 0.2) is 36.4 Å². The van der Waals surface area contributed by atoms with Gasteiger partial charge in [0.05, 0.1) is 0 Å². The molecule has 0 bridgehead atoms. The Kier molecular flexibility index (Phi) is 2.52. The van der Waals surface area contributed by atoms with E-state index in [4.69, 9.17) is 0 Å². The molecule has 0 aliphatic heterocycles. The standard InChI is InChI=1S/C13H11FO2/c1-8-2-9(5-12(15)3-8)10-4-11(14)7-13(16)6-10/h2-7,15-16H,1H3. The van der Waals surface area contributed by atoms with Crippen molar-refractivity contribution in [3.63, 3.8) is 0 Å². The summed E-state index contributed by atoms with van der Waals surface area (Å²) in [7, 11) is 0. The highest BCUT2D eigenvalue weighted by molar-refractivity contribution is 5.67. The molecule has 3 heteroatoms. The van der Waals surface area contributed by atoms with Gasteiger partial charge in [-0.05, 0) is 47.9 Å². The average Bonchev–Trinajstić information content (AvgIpc) is 2.14. The first-order valence-electron chi connectivity index (χ1n) is 4.85. The minimum atomic E-state index is -0.504. The van der Waals surface area contributed by atoms with Crippen molar-refractivity contribution in [3.05, 3.63) is 47.8 Å². The molecule has 2 aromatic rings. The first-order valence-corrected chi connectivity index (χ1v) is 4.85. The van der Waals surface area contributed by atoms with Crippen LogP contribution >= 0.6 is 0 Å². The predicted molar refractivity (Wildman–Crippen MR) is 59.9 cm³/mol. The summed E-state index contributed by atoms with van der Waals surface area (Å²) < 4.78 is 13.1. The van der Waals surface area contributed by atoms with Crippen molar-refractivity contribution in [3.8, 4) is 22.6 Å². The number of halogens is 1. The summed E-state index contributed by atoms with van der Waals surface area (Å²) in [6.07, 6.45) is 0. The van der Waals surface area contributed by atoms with Crippen molar-refractivity contribution in [2.75, 3.05) is 0 Å². The van der Waals surface area contributed by atoms with Gasteiger partial charge in [0.2, 0.25) is 0 Å². The Morgan fingerprint density at radius 3 is 1.94 bits per heavy atom. The number of hydrogen-bond donors (Lipinski definition) is 2. The van der Waals surface area contributed by atoms with Gasteiger partial charge >= 0.3 is 0 Å². The third-order valence-electron chi connectivity index (χ3n) is 2.28. The summed E-state index contributed by atoms with van der Waals surface area (Å²) in [5.41, 5.74) is 2.09. The van der Waals surface area contributed by atoms with Gasteiger partial charge in [-0.15, -0.1) is 0 Å². The molecule has 2 rings (SSSR count). The van der Waals surface area contributed by atoms with E-state index >= 15 is 0 Å². The lowest BCUT2D eigenvalue weighted by Crippen LogP contribution is -1.82. The van der Waals surface area contributed by atoms with Gasteiger partial charge in [0.1, 0.15) is 17.3 Å². The van der Waals surface area contributed by atoms with E-state index in [0.29, 0.717) is 11.1 Å². The van der Waals surface area contributed by atoms with E-state index in [-0.39, 0.29) is 11.5 Å². The van der Waals surface area contributed by atoms with Crippen LogP contribution in [0.3, 0.4) is 0 Å². The number of aromatic hydroxyl groups is 2. The molecule has 16 heavy (non-hydrogen) atoms. The van der Waals surface area contributed by atoms with Crippen molar-refractivity contribution in [2.24, 2.45) is 0 Å². The Balaban J connectivity index is 2.57. The molecule has 0 aliphatic rings. The van der Waals surface area contributed by atoms with Gasteiger partial charge in [-0.25, -0.2) is 4.39 Å². The summed E-state index contributed by atoms with van der Waals surface area (Å²) in [6, 6.07) is 8.77. The highest BCUT2D eigenvalue weighted by Gasteiger charge is 2.04. The summed E-state index contributed by atoms with van der Waals surface area (Å²) in [4.78, 5) is 0. The first-order chi connectivity index (χ1) is 7.54. The minimum absolute atomic E-state index is 0.124. The van der Waals surface area contributed by atoms with Crippen LogP contribution in [0, 0.1) is 12.7 Å². The molecule has 0 heterocycles. The van der Waals surface area contributed by atoms with Crippen LogP contribution in [0.2, 0.25) is 0 Å². The fourth-order valence-corrected chi connectivity index (χ4v) is 1.67. The molecular formula is C13H11FO2. The largest absolute Gasteiger partial charge is 0.508 e. The molecule has 2 nitrogen and oxygen atoms in total. The maximum absolute atomic E-state index is 13.1. The van der Waals surface area contributed by atoms with Crippen LogP contribution in [0.4, 0.5) is 4.39 Å². The van der Waals surface area contributed by atoms with Crippen molar-refractivity contribution in [1.29, 1.82) is 0 Å². The maximum Gasteiger partial charge on any atom is 0.127 e. The SMILES string of the molecule is Cc1cc(O)cc(-c2cc(O)cc(F)c2)c1. The van der Waals surface area contributed by atoms with Gasteiger partial charge < -0.3 is 10.2 Å². The Morgan fingerprint density at radius 2 is 1.38 bits per heavy atom. The molecular weight excluding hydrogens is 207 g/mol. The van der Waals surface area contributed by atoms with E-state index in [1.165, 1.54) is 18.2 Å². The normalized spacial score (nSPS) is 10.4. The zero-order valence-electron chi connectivity index (χ0n) is 8.74. The first kappa shape index (κ1) is 10.5. The van der Waals surface area contributed by atoms with Crippen molar-refractivity contribution in [1.82, 2.24) is 0 Å². The van der Waals surface area contributed by atoms with Crippen molar-refractivity contribution >= 4 is 0 Å². The molecule has 0 unspecified atom stereocenters. The lowest BCUT2D eigenvalue weighted by molar-refractivity contribution is 0.469. The number of phenols is 2. The number of rotatable bonds is 1. The molecule has 0 amide bonds. The Hall–Kier alpha value is -2.03. The highest BCUT2D eigenvalue weighted by atomic mass is 19.1. The van der Waals surface area contributed by atoms with Gasteiger partial charge in [-0.1, -0.05) is 6.07 Å². The molecule has 82 valence electrons. The molecule has 2 N–H and O–H groups in total. The molecule has 0 aromatic heterocycles. The monoisotopic (exact) mass is 218 g/mol. The highest BCUT2D eigenvalue weighted by Crippen LogP contribution is 2.28. The second-order valence-corrected chi connectivity index (χ2v) is 3.76. The lowest BCUT2D eigenvalue weighted by Gasteiger charge is -2.05. The van der Waals surface area contributed by atoms with Crippen molar-refractivity contribution < 1.29 is 14.6 Å². The van der Waals surface area contributed by atoms with E-state index < -0.39 is 5.82 Å². The van der Waals surface area contributed by atoms with E-state index in [2.05, 4.69) is 0 Å². The summed E-state index contributed by atoms with van der Waals surface area (Å²) in [5.74, 6) is -0.509. The maximum atomic E-state index is 13.1. The Bertz CT molecular complexity index is 445. The number of hydrogen-bond acceptors (Lipinski definition) is 2. The number of benzene rings is 2. The zero-order chi connectivity index (χ0) is 11.7. The quantitative estimate of drug-likeness (QED) is 0.771. The van der Waals surface area contributed by atoms with Gasteiger partial charge in [-0.2, -0.15) is 0 Å². The fraction of sp³-hybridized carbons (Fsp3) is 0.0769. The van der Waals surface area contributed by atoms with Gasteiger partial charge in [0.15, 0.2) is 0 Å². The topological polar surface area (TPSA) is 40.5 Å². The van der Waals surface area contributed by atoms with Gasteiger partial charge in [-0.3, -0.25) is 0 Å². The third kappa shape index (κ3) is 2.14. The minimum Gasteiger partial charge on any atom is -0.508 e. The lowest BCUT2D eigenvalue weighted by atomic mass is 10.0. The average molecular weight is 218 g/mol. The summed E-state index contributed by atoms with van der Waals surface area (Å²) in [5, 5.41) is 18.7. The molecule has 0 radical (unpaired) electrons. The fourth-order valence-electron chi connectivity index (χ4n) is 1.67. The second-order valence-electron chi connectivity index (χ2n) is 3.76. The summed E-state index contributed by atoms with van der Waals surface area (Å²) in [6.45, 7) is 1.84. The summed E-state index contributed by atoms with van der Waals surface area (Å²) >= 11 is 0. The van der Waals surface area contributed by atoms with Gasteiger partial charge in [0, 0.05) is 6.07 Å². The number of phenolic OH excluding ortho intramolecular Hbond substituents is 2. The molecule has 2 aromatic carbocycles. The Labute approximate surface area is 92.6 Å². The van der Waals surface area contributed by atoms with Crippen LogP contribution in [0.25, 0.3) is 11.1 Å². The van der Waals surface area contributed by atoms with Crippen LogP contribution < -0.4 is 0 Å².